The first-order valence-corrected chi connectivity index (χ1v) is 9.79. The smallest absolute Gasteiger partial charge is 0.257 e. The molecule has 0 aliphatic rings. The van der Waals surface area contributed by atoms with Crippen LogP contribution in [0.25, 0.3) is 0 Å². The fourth-order valence-electron chi connectivity index (χ4n) is 2.94. The fourth-order valence-corrected chi connectivity index (χ4v) is 3.13. The topological polar surface area (TPSA) is 51.1 Å². The van der Waals surface area contributed by atoms with E-state index in [4.69, 9.17) is 11.6 Å². The van der Waals surface area contributed by atoms with E-state index in [1.54, 1.807) is 12.3 Å². The first-order chi connectivity index (χ1) is 13.6. The minimum Gasteiger partial charge on any atom is -0.322 e. The lowest BCUT2D eigenvalue weighted by molar-refractivity contribution is 0.102. The van der Waals surface area contributed by atoms with Gasteiger partial charge < -0.3 is 9.88 Å². The molecule has 0 fully saturated rings. The molecule has 0 saturated carbocycles. The van der Waals surface area contributed by atoms with Crippen LogP contribution in [0.15, 0.2) is 71.7 Å². The number of hydrogen-bond acceptors (Lipinski definition) is 2. The first-order valence-electron chi connectivity index (χ1n) is 9.41. The molecule has 1 aromatic heterocycles. The monoisotopic (exact) mass is 394 g/mol. The molecule has 0 spiro atoms. The van der Waals surface area contributed by atoms with E-state index in [0.29, 0.717) is 17.1 Å². The molecule has 144 valence electrons. The van der Waals surface area contributed by atoms with Crippen molar-refractivity contribution in [2.75, 3.05) is 5.32 Å². The van der Waals surface area contributed by atoms with Gasteiger partial charge in [0.2, 0.25) is 0 Å². The number of nitrogens with zero attached hydrogens (tertiary/aromatic N) is 1. The lowest BCUT2D eigenvalue weighted by Gasteiger charge is -2.10. The normalized spacial score (nSPS) is 10.6. The third kappa shape index (κ3) is 5.11. The van der Waals surface area contributed by atoms with Crippen LogP contribution in [0.5, 0.6) is 0 Å². The van der Waals surface area contributed by atoms with Crippen molar-refractivity contribution in [1.29, 1.82) is 0 Å². The number of aromatic nitrogens is 1. The summed E-state index contributed by atoms with van der Waals surface area (Å²) in [6, 6.07) is 18.2. The van der Waals surface area contributed by atoms with Gasteiger partial charge in [-0.3, -0.25) is 9.59 Å². The quantitative estimate of drug-likeness (QED) is 0.602. The molecule has 4 nitrogen and oxygen atoms in total. The van der Waals surface area contributed by atoms with Crippen molar-refractivity contribution < 1.29 is 4.79 Å². The number of benzene rings is 2. The van der Waals surface area contributed by atoms with E-state index >= 15 is 0 Å². The Morgan fingerprint density at radius 2 is 1.79 bits per heavy atom. The number of carbonyl (C=O) groups is 1. The molecule has 2 aromatic carbocycles. The van der Waals surface area contributed by atoms with Gasteiger partial charge in [0.25, 0.3) is 11.5 Å². The van der Waals surface area contributed by atoms with E-state index in [1.165, 1.54) is 22.3 Å². The molecular weight excluding hydrogens is 372 g/mol. The number of rotatable bonds is 7. The zero-order valence-electron chi connectivity index (χ0n) is 15.8. The van der Waals surface area contributed by atoms with Crippen molar-refractivity contribution >= 4 is 23.2 Å². The summed E-state index contributed by atoms with van der Waals surface area (Å²) in [5.41, 5.74) is 3.05. The van der Waals surface area contributed by atoms with Crippen LogP contribution < -0.4 is 10.9 Å². The van der Waals surface area contributed by atoms with E-state index in [9.17, 15) is 9.59 Å². The van der Waals surface area contributed by atoms with Crippen LogP contribution in [0, 0.1) is 0 Å². The summed E-state index contributed by atoms with van der Waals surface area (Å²) in [5.74, 6) is -0.255. The Hall–Kier alpha value is -2.85. The van der Waals surface area contributed by atoms with Gasteiger partial charge in [-0.1, -0.05) is 55.3 Å². The second kappa shape index (κ2) is 9.38. The molecule has 0 bridgehead atoms. The number of carbonyl (C=O) groups excluding carboxylic acids is 1. The van der Waals surface area contributed by atoms with Crippen molar-refractivity contribution in [3.8, 4) is 0 Å². The van der Waals surface area contributed by atoms with Crippen LogP contribution in [-0.4, -0.2) is 10.5 Å². The largest absolute Gasteiger partial charge is 0.322 e. The second-order valence-electron chi connectivity index (χ2n) is 6.73. The standard InChI is InChI=1S/C23H23ClN2O2/c1-2-3-6-17-9-12-20(13-10-17)25-23(28)19-11-14-22(27)26(16-19)15-18-7-4-5-8-21(18)24/h4-5,7-14,16H,2-3,6,15H2,1H3,(H,25,28). The third-order valence-corrected chi connectivity index (χ3v) is 4.94. The van der Waals surface area contributed by atoms with Gasteiger partial charge in [-0.25, -0.2) is 0 Å². The Kier molecular flexibility index (Phi) is 6.66. The summed E-state index contributed by atoms with van der Waals surface area (Å²) in [4.78, 5) is 24.8. The number of anilines is 1. The van der Waals surface area contributed by atoms with Crippen molar-refractivity contribution in [2.45, 2.75) is 32.7 Å². The number of aryl methyl sites for hydroxylation is 1. The summed E-state index contributed by atoms with van der Waals surface area (Å²) in [5, 5.41) is 3.47. The molecule has 5 heteroatoms. The lowest BCUT2D eigenvalue weighted by atomic mass is 10.1. The van der Waals surface area contributed by atoms with Crippen LogP contribution in [0.3, 0.4) is 0 Å². The zero-order chi connectivity index (χ0) is 19.9. The molecule has 28 heavy (non-hydrogen) atoms. The first kappa shape index (κ1) is 19.9. The number of halogens is 1. The van der Waals surface area contributed by atoms with Crippen LogP contribution in [0.4, 0.5) is 5.69 Å². The number of nitrogens with one attached hydrogen (secondary N) is 1. The maximum absolute atomic E-state index is 12.6. The zero-order valence-corrected chi connectivity index (χ0v) is 16.6. The Balaban J connectivity index is 1.73. The maximum Gasteiger partial charge on any atom is 0.257 e. The van der Waals surface area contributed by atoms with Crippen LogP contribution >= 0.6 is 11.6 Å². The molecular formula is C23H23ClN2O2. The highest BCUT2D eigenvalue weighted by Gasteiger charge is 2.09. The van der Waals surface area contributed by atoms with Crippen molar-refractivity contribution in [1.82, 2.24) is 4.57 Å². The van der Waals surface area contributed by atoms with E-state index in [-0.39, 0.29) is 11.5 Å². The molecule has 0 atom stereocenters. The second-order valence-corrected chi connectivity index (χ2v) is 7.14. The minimum atomic E-state index is -0.255. The highest BCUT2D eigenvalue weighted by Crippen LogP contribution is 2.16. The molecule has 0 radical (unpaired) electrons. The molecule has 3 rings (SSSR count). The molecule has 0 unspecified atom stereocenters. The van der Waals surface area contributed by atoms with Crippen LogP contribution in [0.2, 0.25) is 5.02 Å². The van der Waals surface area contributed by atoms with E-state index in [2.05, 4.69) is 12.2 Å². The van der Waals surface area contributed by atoms with Gasteiger partial charge in [-0.05, 0) is 48.2 Å². The number of hydrogen-bond donors (Lipinski definition) is 1. The van der Waals surface area contributed by atoms with Crippen molar-refractivity contribution in [2.24, 2.45) is 0 Å². The van der Waals surface area contributed by atoms with Crippen LogP contribution in [0.1, 0.15) is 41.3 Å². The Labute approximate surface area is 169 Å². The van der Waals surface area contributed by atoms with E-state index in [1.807, 2.05) is 42.5 Å². The highest BCUT2D eigenvalue weighted by molar-refractivity contribution is 6.31. The SMILES string of the molecule is CCCCc1ccc(NC(=O)c2ccc(=O)n(Cc3ccccc3Cl)c2)cc1. The van der Waals surface area contributed by atoms with Gasteiger partial charge in [0, 0.05) is 23.0 Å². The third-order valence-electron chi connectivity index (χ3n) is 4.57. The average molecular weight is 395 g/mol. The minimum absolute atomic E-state index is 0.184. The van der Waals surface area contributed by atoms with Gasteiger partial charge in [0.1, 0.15) is 0 Å². The van der Waals surface area contributed by atoms with Gasteiger partial charge in [0.05, 0.1) is 12.1 Å². The average Bonchev–Trinajstić information content (AvgIpc) is 2.70. The maximum atomic E-state index is 12.6. The number of unbranched alkanes of at least 4 members (excludes halogenated alkanes) is 1. The van der Waals surface area contributed by atoms with Gasteiger partial charge in [-0.15, -0.1) is 0 Å². The predicted octanol–water partition coefficient (Wildman–Crippen LogP) is 5.14. The molecule has 0 saturated heterocycles. The van der Waals surface area contributed by atoms with Crippen molar-refractivity contribution in [3.63, 3.8) is 0 Å². The molecule has 1 amide bonds. The van der Waals surface area contributed by atoms with Crippen molar-refractivity contribution in [3.05, 3.63) is 98.9 Å². The summed E-state index contributed by atoms with van der Waals surface area (Å²) < 4.78 is 1.49. The number of pyridine rings is 1. The van der Waals surface area contributed by atoms with Gasteiger partial charge in [-0.2, -0.15) is 0 Å². The summed E-state index contributed by atoms with van der Waals surface area (Å²) in [6.07, 6.45) is 4.91. The fraction of sp³-hybridized carbons (Fsp3) is 0.217. The van der Waals surface area contributed by atoms with E-state index < -0.39 is 0 Å². The summed E-state index contributed by atoms with van der Waals surface area (Å²) in [7, 11) is 0. The lowest BCUT2D eigenvalue weighted by Crippen LogP contribution is -2.22. The molecule has 1 heterocycles. The Bertz CT molecular complexity index is 1010. The summed E-state index contributed by atoms with van der Waals surface area (Å²) >= 11 is 6.19. The predicted molar refractivity (Wildman–Crippen MR) is 114 cm³/mol. The Morgan fingerprint density at radius 1 is 1.04 bits per heavy atom. The molecule has 3 aromatic rings. The van der Waals surface area contributed by atoms with E-state index in [0.717, 1.165) is 30.5 Å². The van der Waals surface area contributed by atoms with Crippen LogP contribution in [-0.2, 0) is 13.0 Å². The number of amides is 1. The summed E-state index contributed by atoms with van der Waals surface area (Å²) in [6.45, 7) is 2.48. The Morgan fingerprint density at radius 3 is 2.50 bits per heavy atom. The molecule has 0 aliphatic heterocycles. The molecule has 0 aliphatic carbocycles. The highest BCUT2D eigenvalue weighted by atomic mass is 35.5. The van der Waals surface area contributed by atoms with Gasteiger partial charge in [0.15, 0.2) is 0 Å². The van der Waals surface area contributed by atoms with Gasteiger partial charge >= 0.3 is 0 Å². The molecule has 1 N–H and O–H groups in total.